The Bertz CT molecular complexity index is 416. The van der Waals surface area contributed by atoms with Gasteiger partial charge in [-0.25, -0.2) is 0 Å². The Labute approximate surface area is 103 Å². The summed E-state index contributed by atoms with van der Waals surface area (Å²) in [5.41, 5.74) is 7.71. The normalized spacial score (nSPS) is 22.2. The number of benzene rings is 1. The van der Waals surface area contributed by atoms with Crippen LogP contribution in [0.1, 0.15) is 25.8 Å². The summed E-state index contributed by atoms with van der Waals surface area (Å²) >= 11 is 0. The molecule has 1 saturated carbocycles. The number of rotatable bonds is 4. The van der Waals surface area contributed by atoms with Crippen molar-refractivity contribution in [2.75, 3.05) is 12.3 Å². The van der Waals surface area contributed by atoms with E-state index in [2.05, 4.69) is 6.92 Å². The van der Waals surface area contributed by atoms with Crippen LogP contribution in [0.4, 0.5) is 5.69 Å². The number of carbonyl (C=O) groups excluding carboxylic acids is 1. The van der Waals surface area contributed by atoms with Crippen LogP contribution in [-0.4, -0.2) is 17.4 Å². The number of hydrogen-bond acceptors (Lipinski definition) is 2. The predicted octanol–water partition coefficient (Wildman–Crippen LogP) is 2.27. The highest BCUT2D eigenvalue weighted by Gasteiger charge is 2.41. The van der Waals surface area contributed by atoms with Crippen molar-refractivity contribution in [3.8, 4) is 0 Å². The Morgan fingerprint density at radius 2 is 2.12 bits per heavy atom. The lowest BCUT2D eigenvalue weighted by molar-refractivity contribution is -0.133. The van der Waals surface area contributed by atoms with Gasteiger partial charge in [0.15, 0.2) is 0 Å². The largest absolute Gasteiger partial charge is 0.398 e. The quantitative estimate of drug-likeness (QED) is 0.809. The predicted molar refractivity (Wildman–Crippen MR) is 69.2 cm³/mol. The van der Waals surface area contributed by atoms with Gasteiger partial charge in [0.1, 0.15) is 0 Å². The van der Waals surface area contributed by atoms with E-state index in [1.54, 1.807) is 0 Å². The fourth-order valence-electron chi connectivity index (χ4n) is 2.13. The van der Waals surface area contributed by atoms with Gasteiger partial charge in [0.25, 0.3) is 0 Å². The molecule has 0 bridgehead atoms. The molecule has 1 aromatic rings. The number of amides is 1. The van der Waals surface area contributed by atoms with Crippen molar-refractivity contribution in [3.05, 3.63) is 29.8 Å². The lowest BCUT2D eigenvalue weighted by Crippen LogP contribution is -2.32. The van der Waals surface area contributed by atoms with Gasteiger partial charge in [-0.3, -0.25) is 4.79 Å². The van der Waals surface area contributed by atoms with Gasteiger partial charge in [-0.2, -0.15) is 0 Å². The van der Waals surface area contributed by atoms with Crippen LogP contribution in [0.3, 0.4) is 0 Å². The lowest BCUT2D eigenvalue weighted by atomic mass is 10.1. The third-order valence-electron chi connectivity index (χ3n) is 3.54. The average molecular weight is 232 g/mol. The minimum atomic E-state index is 0.250. The van der Waals surface area contributed by atoms with Crippen molar-refractivity contribution in [3.63, 3.8) is 0 Å². The van der Waals surface area contributed by atoms with Gasteiger partial charge in [-0.15, -0.1) is 0 Å². The van der Waals surface area contributed by atoms with E-state index in [9.17, 15) is 4.79 Å². The van der Waals surface area contributed by atoms with E-state index < -0.39 is 0 Å². The van der Waals surface area contributed by atoms with Crippen molar-refractivity contribution in [2.45, 2.75) is 26.8 Å². The molecule has 92 valence electrons. The van der Waals surface area contributed by atoms with Gasteiger partial charge in [-0.05, 0) is 30.9 Å². The second kappa shape index (κ2) is 4.78. The van der Waals surface area contributed by atoms with E-state index in [0.29, 0.717) is 12.5 Å². The molecule has 0 saturated heterocycles. The van der Waals surface area contributed by atoms with Crippen molar-refractivity contribution in [1.82, 2.24) is 4.90 Å². The molecule has 0 aromatic heterocycles. The molecule has 3 nitrogen and oxygen atoms in total. The third-order valence-corrected chi connectivity index (χ3v) is 3.54. The fraction of sp³-hybridized carbons (Fsp3) is 0.500. The summed E-state index contributed by atoms with van der Waals surface area (Å²) in [5.74, 6) is 1.09. The minimum absolute atomic E-state index is 0.250. The molecular weight excluding hydrogens is 212 g/mol. The second-order valence-electron chi connectivity index (χ2n) is 4.87. The minimum Gasteiger partial charge on any atom is -0.398 e. The number of nitrogen functional groups attached to an aromatic ring is 1. The van der Waals surface area contributed by atoms with E-state index in [4.69, 9.17) is 5.73 Å². The third kappa shape index (κ3) is 2.60. The number of hydrogen-bond donors (Lipinski definition) is 1. The van der Waals surface area contributed by atoms with Gasteiger partial charge >= 0.3 is 0 Å². The maximum atomic E-state index is 12.1. The van der Waals surface area contributed by atoms with E-state index in [-0.39, 0.29) is 11.8 Å². The molecule has 2 unspecified atom stereocenters. The molecule has 1 aliphatic carbocycles. The maximum absolute atomic E-state index is 12.1. The molecule has 1 fully saturated rings. The monoisotopic (exact) mass is 232 g/mol. The molecule has 1 amide bonds. The molecule has 17 heavy (non-hydrogen) atoms. The average Bonchev–Trinajstić information content (AvgIpc) is 3.04. The van der Waals surface area contributed by atoms with Gasteiger partial charge in [0, 0.05) is 24.7 Å². The van der Waals surface area contributed by atoms with Gasteiger partial charge in [-0.1, -0.05) is 25.1 Å². The number of para-hydroxylation sites is 1. The summed E-state index contributed by atoms with van der Waals surface area (Å²) in [7, 11) is 0. The van der Waals surface area contributed by atoms with Crippen molar-refractivity contribution in [2.24, 2.45) is 11.8 Å². The van der Waals surface area contributed by atoms with Crippen LogP contribution in [-0.2, 0) is 11.3 Å². The first-order chi connectivity index (χ1) is 8.13. The first-order valence-corrected chi connectivity index (χ1v) is 6.25. The summed E-state index contributed by atoms with van der Waals surface area (Å²) in [6.07, 6.45) is 1.04. The van der Waals surface area contributed by atoms with Crippen molar-refractivity contribution in [1.29, 1.82) is 0 Å². The Kier molecular flexibility index (Phi) is 3.36. The highest BCUT2D eigenvalue weighted by molar-refractivity contribution is 5.81. The summed E-state index contributed by atoms with van der Waals surface area (Å²) < 4.78 is 0. The zero-order valence-corrected chi connectivity index (χ0v) is 10.5. The summed E-state index contributed by atoms with van der Waals surface area (Å²) in [6.45, 7) is 5.53. The van der Waals surface area contributed by atoms with Crippen LogP contribution in [0, 0.1) is 11.8 Å². The van der Waals surface area contributed by atoms with Gasteiger partial charge < -0.3 is 10.6 Å². The second-order valence-corrected chi connectivity index (χ2v) is 4.87. The molecule has 3 heteroatoms. The smallest absolute Gasteiger partial charge is 0.226 e. The van der Waals surface area contributed by atoms with Crippen molar-refractivity contribution >= 4 is 11.6 Å². The van der Waals surface area contributed by atoms with Crippen LogP contribution >= 0.6 is 0 Å². The van der Waals surface area contributed by atoms with Gasteiger partial charge in [0.2, 0.25) is 5.91 Å². The highest BCUT2D eigenvalue weighted by Crippen LogP contribution is 2.39. The Hall–Kier alpha value is -1.51. The van der Waals surface area contributed by atoms with Crippen LogP contribution in [0.15, 0.2) is 24.3 Å². The van der Waals surface area contributed by atoms with E-state index in [1.807, 2.05) is 36.1 Å². The fourth-order valence-corrected chi connectivity index (χ4v) is 2.13. The summed E-state index contributed by atoms with van der Waals surface area (Å²) in [4.78, 5) is 14.1. The molecule has 1 aromatic carbocycles. The molecule has 0 radical (unpaired) electrons. The molecule has 0 spiro atoms. The highest BCUT2D eigenvalue weighted by atomic mass is 16.2. The van der Waals surface area contributed by atoms with Crippen LogP contribution in [0.2, 0.25) is 0 Å². The molecular formula is C14H20N2O. The zero-order valence-electron chi connectivity index (χ0n) is 10.5. The molecule has 2 N–H and O–H groups in total. The molecule has 0 heterocycles. The molecule has 2 rings (SSSR count). The maximum Gasteiger partial charge on any atom is 0.226 e. The van der Waals surface area contributed by atoms with Crippen molar-refractivity contribution < 1.29 is 4.79 Å². The number of anilines is 1. The van der Waals surface area contributed by atoms with Gasteiger partial charge in [0.05, 0.1) is 0 Å². The van der Waals surface area contributed by atoms with Crippen LogP contribution in [0.5, 0.6) is 0 Å². The van der Waals surface area contributed by atoms with E-state index in [1.165, 1.54) is 0 Å². The zero-order chi connectivity index (χ0) is 12.4. The molecule has 0 aliphatic heterocycles. The lowest BCUT2D eigenvalue weighted by Gasteiger charge is -2.22. The SMILES string of the molecule is CCN(Cc1ccccc1N)C(=O)C1CC1C. The van der Waals surface area contributed by atoms with E-state index in [0.717, 1.165) is 24.2 Å². The molecule has 2 atom stereocenters. The number of nitrogens with two attached hydrogens (primary N) is 1. The van der Waals surface area contributed by atoms with E-state index >= 15 is 0 Å². The number of nitrogens with zero attached hydrogens (tertiary/aromatic N) is 1. The van der Waals surface area contributed by atoms with Crippen LogP contribution < -0.4 is 5.73 Å². The Morgan fingerprint density at radius 1 is 1.47 bits per heavy atom. The van der Waals surface area contributed by atoms with Crippen LogP contribution in [0.25, 0.3) is 0 Å². The first kappa shape index (κ1) is 12.0. The Balaban J connectivity index is 2.05. The topological polar surface area (TPSA) is 46.3 Å². The summed E-state index contributed by atoms with van der Waals surface area (Å²) in [6, 6.07) is 7.75. The first-order valence-electron chi connectivity index (χ1n) is 6.25. The summed E-state index contributed by atoms with van der Waals surface area (Å²) in [5, 5.41) is 0. The molecule has 1 aliphatic rings. The Morgan fingerprint density at radius 3 is 2.65 bits per heavy atom. The standard InChI is InChI=1S/C14H20N2O/c1-3-16(14(17)12-8-10(12)2)9-11-6-4-5-7-13(11)15/h4-7,10,12H,3,8-9,15H2,1-2H3. The number of carbonyl (C=O) groups is 1.